The van der Waals surface area contributed by atoms with Crippen LogP contribution in [0.5, 0.6) is 0 Å². The molecule has 0 bridgehead atoms. The minimum absolute atomic E-state index is 0.355. The number of hydrogen-bond acceptors (Lipinski definition) is 5. The first-order valence-corrected chi connectivity index (χ1v) is 9.80. The van der Waals surface area contributed by atoms with Crippen molar-refractivity contribution in [3.05, 3.63) is 42.4 Å². The molecule has 3 aromatic heterocycles. The van der Waals surface area contributed by atoms with Crippen LogP contribution < -0.4 is 4.90 Å². The third-order valence-electron chi connectivity index (χ3n) is 5.57. The van der Waals surface area contributed by atoms with Crippen LogP contribution in [0.15, 0.2) is 36.8 Å². The molecule has 0 N–H and O–H groups in total. The second-order valence-electron chi connectivity index (χ2n) is 7.66. The Labute approximate surface area is 172 Å². The van der Waals surface area contributed by atoms with Crippen molar-refractivity contribution in [3.63, 3.8) is 0 Å². The fourth-order valence-electron chi connectivity index (χ4n) is 4.01. The zero-order valence-corrected chi connectivity index (χ0v) is 17.0. The van der Waals surface area contributed by atoms with Gasteiger partial charge in [-0.25, -0.2) is 23.4 Å². The summed E-state index contributed by atoms with van der Waals surface area (Å²) in [7, 11) is 3.67. The van der Waals surface area contributed by atoms with Crippen molar-refractivity contribution in [2.24, 2.45) is 14.1 Å². The van der Waals surface area contributed by atoms with Gasteiger partial charge < -0.3 is 4.90 Å². The number of fused-ring (bicyclic) bond motifs is 1. The van der Waals surface area contributed by atoms with E-state index in [0.29, 0.717) is 22.5 Å². The van der Waals surface area contributed by atoms with Gasteiger partial charge in [-0.05, 0) is 12.0 Å². The van der Waals surface area contributed by atoms with Crippen molar-refractivity contribution >= 4 is 16.9 Å². The highest BCUT2D eigenvalue weighted by Gasteiger charge is 2.45. The SMILES string of the molecule is CCc1ccc(-c2c(-c3nn(C)c4ncnc(N5CC(F)(F)C5)c34)cnn2C)cc1. The van der Waals surface area contributed by atoms with Crippen molar-refractivity contribution in [1.29, 1.82) is 0 Å². The molecule has 0 amide bonds. The molecular formula is C21H21F2N7. The van der Waals surface area contributed by atoms with E-state index in [2.05, 4.69) is 51.4 Å². The Balaban J connectivity index is 1.69. The lowest BCUT2D eigenvalue weighted by molar-refractivity contribution is -0.0265. The molecule has 30 heavy (non-hydrogen) atoms. The molecule has 0 atom stereocenters. The Bertz CT molecular complexity index is 1230. The van der Waals surface area contributed by atoms with Gasteiger partial charge in [0.25, 0.3) is 5.92 Å². The average molecular weight is 409 g/mol. The largest absolute Gasteiger partial charge is 0.344 e. The van der Waals surface area contributed by atoms with E-state index in [1.165, 1.54) is 11.9 Å². The van der Waals surface area contributed by atoms with Gasteiger partial charge >= 0.3 is 0 Å². The summed E-state index contributed by atoms with van der Waals surface area (Å²) in [6.45, 7) is 1.41. The number of nitrogens with zero attached hydrogens (tertiary/aromatic N) is 7. The predicted molar refractivity (Wildman–Crippen MR) is 110 cm³/mol. The lowest BCUT2D eigenvalue weighted by Crippen LogP contribution is -2.56. The highest BCUT2D eigenvalue weighted by Crippen LogP contribution is 2.40. The third kappa shape index (κ3) is 2.84. The number of anilines is 1. The summed E-state index contributed by atoms with van der Waals surface area (Å²) >= 11 is 0. The average Bonchev–Trinajstić information content (AvgIpc) is 3.26. The Morgan fingerprint density at radius 3 is 2.43 bits per heavy atom. The molecule has 1 aromatic carbocycles. The molecule has 4 aromatic rings. The van der Waals surface area contributed by atoms with Crippen LogP contribution in [0.1, 0.15) is 12.5 Å². The van der Waals surface area contributed by atoms with Crippen LogP contribution in [-0.4, -0.2) is 48.5 Å². The number of rotatable bonds is 4. The highest BCUT2D eigenvalue weighted by atomic mass is 19.3. The Hall–Kier alpha value is -3.36. The van der Waals surface area contributed by atoms with E-state index in [9.17, 15) is 8.78 Å². The van der Waals surface area contributed by atoms with Gasteiger partial charge in [0.1, 0.15) is 17.8 Å². The molecule has 0 unspecified atom stereocenters. The smallest absolute Gasteiger partial charge is 0.282 e. The van der Waals surface area contributed by atoms with Crippen molar-refractivity contribution in [1.82, 2.24) is 29.5 Å². The molecule has 5 rings (SSSR count). The maximum absolute atomic E-state index is 13.5. The summed E-state index contributed by atoms with van der Waals surface area (Å²) in [5, 5.41) is 9.79. The van der Waals surface area contributed by atoms with Gasteiger partial charge in [-0.15, -0.1) is 0 Å². The number of aryl methyl sites for hydroxylation is 3. The second kappa shape index (κ2) is 6.58. The van der Waals surface area contributed by atoms with E-state index in [0.717, 1.165) is 23.2 Å². The summed E-state index contributed by atoms with van der Waals surface area (Å²) in [4.78, 5) is 10.2. The fraction of sp³-hybridized carbons (Fsp3) is 0.333. The first-order valence-electron chi connectivity index (χ1n) is 9.80. The van der Waals surface area contributed by atoms with Gasteiger partial charge in [-0.3, -0.25) is 4.68 Å². The molecule has 1 saturated heterocycles. The van der Waals surface area contributed by atoms with Crippen LogP contribution in [0.4, 0.5) is 14.6 Å². The molecule has 1 aliphatic rings. The zero-order valence-electron chi connectivity index (χ0n) is 17.0. The molecule has 154 valence electrons. The molecule has 0 saturated carbocycles. The number of aromatic nitrogens is 6. The number of hydrogen-bond donors (Lipinski definition) is 0. The molecule has 7 nitrogen and oxygen atoms in total. The van der Waals surface area contributed by atoms with Crippen molar-refractivity contribution in [2.45, 2.75) is 19.3 Å². The molecular weight excluding hydrogens is 388 g/mol. The summed E-state index contributed by atoms with van der Waals surface area (Å²) in [5.74, 6) is -2.22. The molecule has 9 heteroatoms. The number of halogens is 2. The van der Waals surface area contributed by atoms with Gasteiger partial charge in [0, 0.05) is 25.2 Å². The molecule has 1 aliphatic heterocycles. The van der Waals surface area contributed by atoms with E-state index >= 15 is 0 Å². The van der Waals surface area contributed by atoms with Crippen LogP contribution >= 0.6 is 0 Å². The van der Waals surface area contributed by atoms with Crippen LogP contribution in [0.3, 0.4) is 0 Å². The van der Waals surface area contributed by atoms with Gasteiger partial charge in [0.05, 0.1) is 30.4 Å². The second-order valence-corrected chi connectivity index (χ2v) is 7.66. The van der Waals surface area contributed by atoms with Crippen LogP contribution in [0.2, 0.25) is 0 Å². The Morgan fingerprint density at radius 1 is 1.03 bits per heavy atom. The predicted octanol–water partition coefficient (Wildman–Crippen LogP) is 3.45. The Morgan fingerprint density at radius 2 is 1.77 bits per heavy atom. The number of benzene rings is 1. The zero-order chi connectivity index (χ0) is 21.0. The van der Waals surface area contributed by atoms with Gasteiger partial charge in [-0.2, -0.15) is 10.2 Å². The minimum Gasteiger partial charge on any atom is -0.344 e. The van der Waals surface area contributed by atoms with E-state index in [1.807, 2.05) is 7.05 Å². The van der Waals surface area contributed by atoms with Crippen LogP contribution in [0.25, 0.3) is 33.5 Å². The van der Waals surface area contributed by atoms with Crippen molar-refractivity contribution in [3.8, 4) is 22.5 Å². The molecule has 0 aliphatic carbocycles. The van der Waals surface area contributed by atoms with Crippen molar-refractivity contribution in [2.75, 3.05) is 18.0 Å². The Kier molecular flexibility index (Phi) is 4.09. The highest BCUT2D eigenvalue weighted by molar-refractivity contribution is 6.02. The maximum Gasteiger partial charge on any atom is 0.282 e. The monoisotopic (exact) mass is 409 g/mol. The summed E-state index contributed by atoms with van der Waals surface area (Å²) in [6.07, 6.45) is 4.12. The fourth-order valence-corrected chi connectivity index (χ4v) is 4.01. The molecule has 1 fully saturated rings. The van der Waals surface area contributed by atoms with Crippen LogP contribution in [-0.2, 0) is 20.5 Å². The number of alkyl halides is 2. The van der Waals surface area contributed by atoms with Gasteiger partial charge in [-0.1, -0.05) is 31.2 Å². The van der Waals surface area contributed by atoms with Crippen molar-refractivity contribution < 1.29 is 8.78 Å². The first-order chi connectivity index (χ1) is 14.4. The summed E-state index contributed by atoms with van der Waals surface area (Å²) in [5.41, 5.74) is 5.22. The quantitative estimate of drug-likeness (QED) is 0.517. The lowest BCUT2D eigenvalue weighted by Gasteiger charge is -2.39. The minimum atomic E-state index is -2.69. The maximum atomic E-state index is 13.5. The summed E-state index contributed by atoms with van der Waals surface area (Å²) < 4.78 is 30.5. The standard InChI is InChI=1S/C21H21F2N7/c1-4-13-5-7-14(8-6-13)18-15(9-26-28(18)2)17-16-19(29(3)27-17)24-12-25-20(16)30-10-21(22,23)11-30/h5-9,12H,4,10-11H2,1-3H3. The van der Waals surface area contributed by atoms with E-state index in [1.54, 1.807) is 27.5 Å². The molecule has 0 radical (unpaired) electrons. The van der Waals surface area contributed by atoms with E-state index in [-0.39, 0.29) is 13.1 Å². The normalized spacial score (nSPS) is 15.6. The molecule has 0 spiro atoms. The topological polar surface area (TPSA) is 64.7 Å². The van der Waals surface area contributed by atoms with E-state index < -0.39 is 5.92 Å². The van der Waals surface area contributed by atoms with Crippen LogP contribution in [0, 0.1) is 0 Å². The third-order valence-corrected chi connectivity index (χ3v) is 5.57. The molecule has 4 heterocycles. The first kappa shape index (κ1) is 18.7. The lowest BCUT2D eigenvalue weighted by atomic mass is 10.0. The van der Waals surface area contributed by atoms with Gasteiger partial charge in [0.15, 0.2) is 5.65 Å². The van der Waals surface area contributed by atoms with E-state index in [4.69, 9.17) is 0 Å². The van der Waals surface area contributed by atoms with Gasteiger partial charge in [0.2, 0.25) is 0 Å². The summed E-state index contributed by atoms with van der Waals surface area (Å²) in [6, 6.07) is 8.33.